The monoisotopic (exact) mass is 270 g/mol. The molecule has 0 aromatic heterocycles. The van der Waals surface area contributed by atoms with Crippen molar-refractivity contribution >= 4 is 0 Å². The van der Waals surface area contributed by atoms with Gasteiger partial charge in [0, 0.05) is 13.1 Å². The van der Waals surface area contributed by atoms with Gasteiger partial charge in [0.25, 0.3) is 0 Å². The van der Waals surface area contributed by atoms with E-state index in [2.05, 4.69) is 17.3 Å². The molecule has 1 heterocycles. The Morgan fingerprint density at radius 2 is 2.05 bits per heavy atom. The number of benzene rings is 1. The van der Waals surface area contributed by atoms with Crippen LogP contribution in [0.2, 0.25) is 0 Å². The van der Waals surface area contributed by atoms with E-state index in [9.17, 15) is 8.78 Å². The molecule has 0 saturated carbocycles. The Kier molecular flexibility index (Phi) is 4.71. The second-order valence-electron chi connectivity index (χ2n) is 5.31. The fraction of sp³-hybridized carbons (Fsp3) is 0.571. The van der Waals surface area contributed by atoms with Crippen LogP contribution in [-0.2, 0) is 6.54 Å². The van der Waals surface area contributed by atoms with Gasteiger partial charge >= 0.3 is 0 Å². The molecule has 0 bridgehead atoms. The average Bonchev–Trinajstić information content (AvgIpc) is 2.36. The molecule has 1 aromatic rings. The van der Waals surface area contributed by atoms with Crippen molar-refractivity contribution in [2.75, 3.05) is 26.7 Å². The van der Waals surface area contributed by atoms with Crippen molar-refractivity contribution < 1.29 is 13.9 Å². The summed E-state index contributed by atoms with van der Waals surface area (Å²) in [6, 6.07) is 2.33. The molecule has 3 nitrogen and oxygen atoms in total. The van der Waals surface area contributed by atoms with Crippen LogP contribution in [0.25, 0.3) is 0 Å². The molecule has 2 rings (SSSR count). The lowest BCUT2D eigenvalue weighted by Crippen LogP contribution is -2.37. The summed E-state index contributed by atoms with van der Waals surface area (Å²) in [6.07, 6.45) is 2.39. The van der Waals surface area contributed by atoms with Crippen LogP contribution in [0.1, 0.15) is 18.4 Å². The molecule has 1 unspecified atom stereocenters. The van der Waals surface area contributed by atoms with E-state index in [-0.39, 0.29) is 0 Å². The maximum Gasteiger partial charge on any atom is 0.187 e. The van der Waals surface area contributed by atoms with Crippen LogP contribution in [0, 0.1) is 17.6 Å². The van der Waals surface area contributed by atoms with E-state index < -0.39 is 17.4 Å². The highest BCUT2D eigenvalue weighted by molar-refractivity contribution is 5.29. The van der Waals surface area contributed by atoms with E-state index in [1.54, 1.807) is 0 Å². The molecule has 1 aliphatic rings. The van der Waals surface area contributed by atoms with Crippen molar-refractivity contribution in [1.82, 2.24) is 10.2 Å². The van der Waals surface area contributed by atoms with Crippen LogP contribution in [0.3, 0.4) is 0 Å². The number of nitrogens with zero attached hydrogens (tertiary/aromatic N) is 1. The van der Waals surface area contributed by atoms with Gasteiger partial charge in [0.1, 0.15) is 0 Å². The molecule has 0 radical (unpaired) electrons. The zero-order valence-corrected chi connectivity index (χ0v) is 11.1. The summed E-state index contributed by atoms with van der Waals surface area (Å²) in [5.41, 5.74) is 0.511. The Hall–Kier alpha value is -1.20. The van der Waals surface area contributed by atoms with Gasteiger partial charge in [-0.15, -0.1) is 0 Å². The van der Waals surface area contributed by atoms with E-state index in [1.165, 1.54) is 25.0 Å². The summed E-state index contributed by atoms with van der Waals surface area (Å²) < 4.78 is 26.3. The van der Waals surface area contributed by atoms with Crippen molar-refractivity contribution in [3.05, 3.63) is 29.3 Å². The van der Waals surface area contributed by atoms with Crippen molar-refractivity contribution in [1.29, 1.82) is 0 Å². The summed E-state index contributed by atoms with van der Waals surface area (Å²) in [6.45, 7) is 3.46. The van der Waals surface area contributed by atoms with Gasteiger partial charge in [0.05, 0.1) is 0 Å². The third kappa shape index (κ3) is 3.88. The summed E-state index contributed by atoms with van der Waals surface area (Å²) in [4.78, 5) is 2.30. The first-order valence-electron chi connectivity index (χ1n) is 6.62. The maximum atomic E-state index is 13.1. The van der Waals surface area contributed by atoms with Gasteiger partial charge in [-0.1, -0.05) is 0 Å². The summed E-state index contributed by atoms with van der Waals surface area (Å²) in [7, 11) is 2.11. The Bertz CT molecular complexity index is 416. The molecule has 1 fully saturated rings. The molecule has 0 aliphatic carbocycles. The third-order valence-electron chi connectivity index (χ3n) is 3.56. The van der Waals surface area contributed by atoms with E-state index in [1.807, 2.05) is 0 Å². The number of halogens is 2. The minimum absolute atomic E-state index is 0.411. The molecule has 1 atom stereocenters. The van der Waals surface area contributed by atoms with E-state index in [0.717, 1.165) is 19.6 Å². The quantitative estimate of drug-likeness (QED) is 0.879. The molecule has 0 amide bonds. The average molecular weight is 270 g/mol. The Balaban J connectivity index is 1.82. The predicted octanol–water partition coefficient (Wildman–Crippen LogP) is 2.10. The topological polar surface area (TPSA) is 35.5 Å². The maximum absolute atomic E-state index is 13.1. The molecule has 106 valence electrons. The second kappa shape index (κ2) is 6.30. The van der Waals surface area contributed by atoms with Gasteiger partial charge in [-0.05, 0) is 56.6 Å². The summed E-state index contributed by atoms with van der Waals surface area (Å²) >= 11 is 0. The lowest BCUT2D eigenvalue weighted by atomic mass is 9.98. The van der Waals surface area contributed by atoms with Crippen LogP contribution < -0.4 is 5.32 Å². The van der Waals surface area contributed by atoms with Crippen molar-refractivity contribution in [3.63, 3.8) is 0 Å². The zero-order valence-electron chi connectivity index (χ0n) is 11.1. The fourth-order valence-corrected chi connectivity index (χ4v) is 2.58. The van der Waals surface area contributed by atoms with Crippen LogP contribution in [0.15, 0.2) is 12.1 Å². The Labute approximate surface area is 112 Å². The van der Waals surface area contributed by atoms with Gasteiger partial charge in [-0.2, -0.15) is 0 Å². The largest absolute Gasteiger partial charge is 0.503 e. The molecule has 0 spiro atoms. The van der Waals surface area contributed by atoms with Crippen molar-refractivity contribution in [2.45, 2.75) is 19.4 Å². The van der Waals surface area contributed by atoms with E-state index in [0.29, 0.717) is 18.0 Å². The highest BCUT2D eigenvalue weighted by Gasteiger charge is 2.16. The number of hydrogen-bond donors (Lipinski definition) is 2. The van der Waals surface area contributed by atoms with Crippen LogP contribution >= 0.6 is 0 Å². The van der Waals surface area contributed by atoms with Crippen molar-refractivity contribution in [3.8, 4) is 5.75 Å². The number of piperidine rings is 1. The standard InChI is InChI=1S/C14H20F2N2O/c1-18-4-2-3-10(9-18)7-17-8-11-5-12(15)14(19)13(16)6-11/h5-6,10,17,19H,2-4,7-9H2,1H3. The van der Waals surface area contributed by atoms with Crippen LogP contribution in [0.4, 0.5) is 8.78 Å². The molecule has 19 heavy (non-hydrogen) atoms. The van der Waals surface area contributed by atoms with Gasteiger partial charge in [0.2, 0.25) is 0 Å². The fourth-order valence-electron chi connectivity index (χ4n) is 2.58. The van der Waals surface area contributed by atoms with Crippen LogP contribution in [0.5, 0.6) is 5.75 Å². The molecule has 1 aliphatic heterocycles. The zero-order chi connectivity index (χ0) is 13.8. The predicted molar refractivity (Wildman–Crippen MR) is 70.0 cm³/mol. The number of aromatic hydroxyl groups is 1. The molecule has 1 saturated heterocycles. The normalized spacial score (nSPS) is 20.7. The number of likely N-dealkylation sites (tertiary alicyclic amines) is 1. The number of phenols is 1. The lowest BCUT2D eigenvalue weighted by molar-refractivity contribution is 0.206. The molecule has 5 heteroatoms. The highest BCUT2D eigenvalue weighted by atomic mass is 19.1. The Morgan fingerprint density at radius 3 is 2.68 bits per heavy atom. The van der Waals surface area contributed by atoms with Gasteiger partial charge in [-0.25, -0.2) is 8.78 Å². The first-order chi connectivity index (χ1) is 9.06. The van der Waals surface area contributed by atoms with Gasteiger partial charge < -0.3 is 15.3 Å². The number of nitrogens with one attached hydrogen (secondary N) is 1. The second-order valence-corrected chi connectivity index (χ2v) is 5.31. The third-order valence-corrected chi connectivity index (χ3v) is 3.56. The summed E-state index contributed by atoms with van der Waals surface area (Å²) in [5.74, 6) is -2.13. The number of hydrogen-bond acceptors (Lipinski definition) is 3. The minimum Gasteiger partial charge on any atom is -0.503 e. The van der Waals surface area contributed by atoms with Gasteiger partial charge in [-0.3, -0.25) is 0 Å². The molecule has 1 aromatic carbocycles. The molecular weight excluding hydrogens is 250 g/mol. The lowest BCUT2D eigenvalue weighted by Gasteiger charge is -2.29. The van der Waals surface area contributed by atoms with E-state index >= 15 is 0 Å². The number of phenolic OH excluding ortho intramolecular Hbond substituents is 1. The highest BCUT2D eigenvalue weighted by Crippen LogP contribution is 2.21. The minimum atomic E-state index is -0.908. The first kappa shape index (κ1) is 14.2. The van der Waals surface area contributed by atoms with Crippen molar-refractivity contribution in [2.24, 2.45) is 5.92 Å². The van der Waals surface area contributed by atoms with E-state index in [4.69, 9.17) is 5.11 Å². The smallest absolute Gasteiger partial charge is 0.187 e. The van der Waals surface area contributed by atoms with Crippen LogP contribution in [-0.4, -0.2) is 36.7 Å². The molecular formula is C14H20F2N2O. The SMILES string of the molecule is CN1CCCC(CNCc2cc(F)c(O)c(F)c2)C1. The first-order valence-corrected chi connectivity index (χ1v) is 6.62. The molecule has 2 N–H and O–H groups in total. The van der Waals surface area contributed by atoms with Gasteiger partial charge in [0.15, 0.2) is 17.4 Å². The Morgan fingerprint density at radius 1 is 1.37 bits per heavy atom. The number of rotatable bonds is 4. The summed E-state index contributed by atoms with van der Waals surface area (Å²) in [5, 5.41) is 12.2.